The second-order valence-corrected chi connectivity index (χ2v) is 3.36. The normalized spacial score (nSPS) is 15.4. The number of hydrogen-bond donors (Lipinski definition) is 0. The third-order valence-corrected chi connectivity index (χ3v) is 2.50. The first-order valence-electron chi connectivity index (χ1n) is 4.56. The van der Waals surface area contributed by atoms with Crippen LogP contribution in [-0.4, -0.2) is 13.7 Å². The molecule has 1 aromatic carbocycles. The van der Waals surface area contributed by atoms with Crippen LogP contribution in [0.15, 0.2) is 18.2 Å². The molecule has 1 heterocycles. The molecule has 2 nitrogen and oxygen atoms in total. The van der Waals surface area contributed by atoms with Crippen molar-refractivity contribution in [3.8, 4) is 5.75 Å². The van der Waals surface area contributed by atoms with Crippen molar-refractivity contribution in [3.05, 3.63) is 30.8 Å². The Hall–Kier alpha value is -1.18. The van der Waals surface area contributed by atoms with Gasteiger partial charge >= 0.3 is 0 Å². The number of methoxy groups -OCH3 is 1. The summed E-state index contributed by atoms with van der Waals surface area (Å²) in [6.07, 6.45) is 2.32. The average Bonchev–Trinajstić information content (AvgIpc) is 2.18. The molecule has 0 saturated carbocycles. The Balaban J connectivity index is 2.39. The van der Waals surface area contributed by atoms with Crippen LogP contribution in [0.4, 0.5) is 5.69 Å². The highest BCUT2D eigenvalue weighted by Gasteiger charge is 2.10. The number of nitrogens with zero attached hydrogens (tertiary/aromatic N) is 1. The Kier molecular flexibility index (Phi) is 2.13. The monoisotopic (exact) mass is 176 g/mol. The van der Waals surface area contributed by atoms with Crippen LogP contribution in [-0.2, 0) is 6.42 Å². The summed E-state index contributed by atoms with van der Waals surface area (Å²) in [5, 5.41) is 0. The van der Waals surface area contributed by atoms with Crippen molar-refractivity contribution in [3.63, 3.8) is 0 Å². The van der Waals surface area contributed by atoms with Crippen LogP contribution in [0.5, 0.6) is 5.75 Å². The summed E-state index contributed by atoms with van der Waals surface area (Å²) in [4.78, 5) is 2.05. The average molecular weight is 176 g/mol. The molecule has 1 aliphatic heterocycles. The lowest BCUT2D eigenvalue weighted by molar-refractivity contribution is 0.414. The smallest absolute Gasteiger partial charge is 0.119 e. The topological polar surface area (TPSA) is 12.5 Å². The van der Waals surface area contributed by atoms with Crippen molar-refractivity contribution in [2.45, 2.75) is 12.8 Å². The van der Waals surface area contributed by atoms with E-state index in [1.807, 2.05) is 6.07 Å². The standard InChI is InChI=1S/C11H14NO/c1-12-7-3-4-9-8-10(13-2)5-6-11(9)12/h5-6,8H,1,3-4,7H2,2H3/q-1. The fraction of sp³-hybridized carbons (Fsp3) is 0.364. The zero-order valence-corrected chi connectivity index (χ0v) is 7.92. The predicted octanol–water partition coefficient (Wildman–Crippen LogP) is 2.24. The first-order valence-corrected chi connectivity index (χ1v) is 4.56. The molecule has 70 valence electrons. The third kappa shape index (κ3) is 1.48. The quantitative estimate of drug-likeness (QED) is 0.608. The molecule has 1 aliphatic rings. The third-order valence-electron chi connectivity index (χ3n) is 2.50. The van der Waals surface area contributed by atoms with Crippen LogP contribution in [0.25, 0.3) is 0 Å². The van der Waals surface area contributed by atoms with E-state index in [1.165, 1.54) is 17.7 Å². The van der Waals surface area contributed by atoms with E-state index in [0.29, 0.717) is 0 Å². The van der Waals surface area contributed by atoms with Gasteiger partial charge in [0.2, 0.25) is 0 Å². The highest BCUT2D eigenvalue weighted by Crippen LogP contribution is 2.29. The van der Waals surface area contributed by atoms with Crippen molar-refractivity contribution in [1.82, 2.24) is 0 Å². The maximum absolute atomic E-state index is 5.18. The number of rotatable bonds is 1. The minimum atomic E-state index is 0.939. The summed E-state index contributed by atoms with van der Waals surface area (Å²) >= 11 is 0. The van der Waals surface area contributed by atoms with Gasteiger partial charge in [0.05, 0.1) is 7.11 Å². The maximum atomic E-state index is 5.18. The molecule has 0 fully saturated rings. The molecule has 2 heteroatoms. The van der Waals surface area contributed by atoms with Gasteiger partial charge in [0.25, 0.3) is 0 Å². The molecule has 0 unspecified atom stereocenters. The molecule has 0 bridgehead atoms. The minimum absolute atomic E-state index is 0.939. The van der Waals surface area contributed by atoms with Gasteiger partial charge in [-0.2, -0.15) is 0 Å². The van der Waals surface area contributed by atoms with E-state index in [2.05, 4.69) is 24.1 Å². The Morgan fingerprint density at radius 1 is 1.46 bits per heavy atom. The van der Waals surface area contributed by atoms with Gasteiger partial charge in [-0.05, 0) is 43.1 Å². The highest BCUT2D eigenvalue weighted by atomic mass is 16.5. The lowest BCUT2D eigenvalue weighted by Crippen LogP contribution is -2.22. The number of benzene rings is 1. The Bertz CT molecular complexity index is 309. The van der Waals surface area contributed by atoms with E-state index < -0.39 is 0 Å². The Morgan fingerprint density at radius 2 is 2.31 bits per heavy atom. The molecule has 0 atom stereocenters. The zero-order chi connectivity index (χ0) is 9.26. The van der Waals surface area contributed by atoms with Crippen LogP contribution in [0.3, 0.4) is 0 Å². The Labute approximate surface area is 79.1 Å². The van der Waals surface area contributed by atoms with Crippen molar-refractivity contribution in [2.75, 3.05) is 18.6 Å². The number of fused-ring (bicyclic) bond motifs is 1. The molecule has 13 heavy (non-hydrogen) atoms. The maximum Gasteiger partial charge on any atom is 0.119 e. The molecular formula is C11H14NO-. The van der Waals surface area contributed by atoms with E-state index in [-0.39, 0.29) is 0 Å². The van der Waals surface area contributed by atoms with Crippen molar-refractivity contribution < 1.29 is 4.74 Å². The molecule has 0 spiro atoms. The first-order chi connectivity index (χ1) is 6.31. The molecule has 0 aromatic heterocycles. The van der Waals surface area contributed by atoms with Crippen LogP contribution in [0, 0.1) is 7.05 Å². The summed E-state index contributed by atoms with van der Waals surface area (Å²) in [5.41, 5.74) is 2.59. The second kappa shape index (κ2) is 3.29. The van der Waals surface area contributed by atoms with Gasteiger partial charge in [0.1, 0.15) is 5.75 Å². The van der Waals surface area contributed by atoms with Gasteiger partial charge in [-0.3, -0.25) is 7.05 Å². The fourth-order valence-corrected chi connectivity index (χ4v) is 1.78. The molecular weight excluding hydrogens is 162 g/mol. The minimum Gasteiger partial charge on any atom is -0.525 e. The molecule has 2 rings (SSSR count). The lowest BCUT2D eigenvalue weighted by Gasteiger charge is -2.34. The highest BCUT2D eigenvalue weighted by molar-refractivity contribution is 5.58. The van der Waals surface area contributed by atoms with Gasteiger partial charge in [-0.1, -0.05) is 0 Å². The fourth-order valence-electron chi connectivity index (χ4n) is 1.78. The molecule has 0 radical (unpaired) electrons. The molecule has 1 aromatic rings. The van der Waals surface area contributed by atoms with E-state index in [9.17, 15) is 0 Å². The number of aryl methyl sites for hydroxylation is 1. The summed E-state index contributed by atoms with van der Waals surface area (Å²) < 4.78 is 5.18. The molecule has 0 aliphatic carbocycles. The van der Waals surface area contributed by atoms with E-state index >= 15 is 0 Å². The first kappa shape index (κ1) is 8.42. The number of hydrogen-bond acceptors (Lipinski definition) is 2. The zero-order valence-electron chi connectivity index (χ0n) is 7.92. The van der Waals surface area contributed by atoms with Gasteiger partial charge in [0.15, 0.2) is 0 Å². The number of anilines is 1. The van der Waals surface area contributed by atoms with E-state index in [0.717, 1.165) is 18.7 Å². The van der Waals surface area contributed by atoms with Gasteiger partial charge in [-0.25, -0.2) is 0 Å². The molecule has 0 saturated heterocycles. The van der Waals surface area contributed by atoms with Crippen LogP contribution in [0.1, 0.15) is 12.0 Å². The number of ether oxygens (including phenoxy) is 1. The van der Waals surface area contributed by atoms with Gasteiger partial charge in [-0.15, -0.1) is 0 Å². The Morgan fingerprint density at radius 3 is 3.08 bits per heavy atom. The molecule has 0 amide bonds. The van der Waals surface area contributed by atoms with E-state index in [1.54, 1.807) is 7.11 Å². The van der Waals surface area contributed by atoms with Crippen LogP contribution < -0.4 is 9.64 Å². The van der Waals surface area contributed by atoms with Crippen LogP contribution in [0.2, 0.25) is 0 Å². The molecule has 0 N–H and O–H groups in total. The van der Waals surface area contributed by atoms with Crippen molar-refractivity contribution in [1.29, 1.82) is 0 Å². The SMILES string of the molecule is [CH2-]N1CCCc2cc(OC)ccc21. The lowest BCUT2D eigenvalue weighted by atomic mass is 10.0. The van der Waals surface area contributed by atoms with E-state index in [4.69, 9.17) is 4.74 Å². The van der Waals surface area contributed by atoms with Crippen LogP contribution >= 0.6 is 0 Å². The largest absolute Gasteiger partial charge is 0.525 e. The van der Waals surface area contributed by atoms with Crippen molar-refractivity contribution >= 4 is 5.69 Å². The van der Waals surface area contributed by atoms with Gasteiger partial charge in [0, 0.05) is 5.69 Å². The second-order valence-electron chi connectivity index (χ2n) is 3.36. The predicted molar refractivity (Wildman–Crippen MR) is 54.0 cm³/mol. The van der Waals surface area contributed by atoms with Gasteiger partial charge < -0.3 is 9.64 Å². The summed E-state index contributed by atoms with van der Waals surface area (Å²) in [6, 6.07) is 6.18. The summed E-state index contributed by atoms with van der Waals surface area (Å²) in [6.45, 7) is 1.05. The summed E-state index contributed by atoms with van der Waals surface area (Å²) in [5.74, 6) is 0.939. The van der Waals surface area contributed by atoms with Crippen molar-refractivity contribution in [2.24, 2.45) is 0 Å². The summed E-state index contributed by atoms with van der Waals surface area (Å²) in [7, 11) is 5.69.